The van der Waals surface area contributed by atoms with Gasteiger partial charge in [0.05, 0.1) is 0 Å². The second-order valence-corrected chi connectivity index (χ2v) is 17.1. The van der Waals surface area contributed by atoms with Gasteiger partial charge < -0.3 is 0 Å². The molecule has 0 fully saturated rings. The summed E-state index contributed by atoms with van der Waals surface area (Å²) in [5.74, 6) is 0. The molecule has 0 aliphatic rings. The fourth-order valence-corrected chi connectivity index (χ4v) is 8.19. The Kier molecular flexibility index (Phi) is 40.4. The highest BCUT2D eigenvalue weighted by Gasteiger charge is 2.02. The van der Waals surface area contributed by atoms with Gasteiger partial charge in [-0.1, -0.05) is 271 Å². The Hall–Kier alpha value is -0.920. The van der Waals surface area contributed by atoms with Gasteiger partial charge in [0.1, 0.15) is 6.33 Å². The summed E-state index contributed by atoms with van der Waals surface area (Å²) in [6, 6.07) is 2.30. The first-order chi connectivity index (χ1) is 25.9. The van der Waals surface area contributed by atoms with Gasteiger partial charge in [-0.05, 0) is 31.7 Å². The summed E-state index contributed by atoms with van der Waals surface area (Å²) in [6.45, 7) is 4.62. The zero-order chi connectivity index (χ0) is 37.1. The largest absolute Gasteiger partial charge is 0.241 e. The summed E-state index contributed by atoms with van der Waals surface area (Å²) in [6.07, 6.45) is 64.7. The minimum absolute atomic E-state index is 1.13. The highest BCUT2D eigenvalue weighted by molar-refractivity contribution is 5.08. The van der Waals surface area contributed by atoms with Crippen molar-refractivity contribution in [1.29, 1.82) is 0 Å². The van der Waals surface area contributed by atoms with Crippen molar-refractivity contribution in [2.45, 2.75) is 296 Å². The van der Waals surface area contributed by atoms with Crippen molar-refractivity contribution in [2.75, 3.05) is 0 Å². The van der Waals surface area contributed by atoms with Crippen molar-refractivity contribution in [2.24, 2.45) is 0 Å². The number of unbranched alkanes of at least 4 members (excludes halogenated alkanes) is 40. The van der Waals surface area contributed by atoms with Gasteiger partial charge in [-0.25, -0.2) is 9.97 Å². The van der Waals surface area contributed by atoms with Gasteiger partial charge in [0.15, 0.2) is 0 Å². The molecule has 0 spiro atoms. The number of nitrogens with zero attached hydrogens (tertiary/aromatic N) is 2. The first-order valence-corrected chi connectivity index (χ1v) is 24.7. The third kappa shape index (κ3) is 37.4. The Bertz CT molecular complexity index is 729. The highest BCUT2D eigenvalue weighted by Crippen LogP contribution is 2.18. The Labute approximate surface area is 329 Å². The standard InChI is InChI=1S/C50H96N2/c1-3-5-7-9-11-13-15-17-19-21-23-25-27-29-31-33-35-37-39-41-43-45-49-47-50(52-48-51-49)46-44-42-40-38-36-34-32-30-28-26-24-22-20-18-16-14-12-10-8-6-4-2/h47-48H,3-46H2,1-2H3. The Morgan fingerprint density at radius 3 is 0.615 bits per heavy atom. The predicted molar refractivity (Wildman–Crippen MR) is 235 cm³/mol. The third-order valence-electron chi connectivity index (χ3n) is 11.9. The average molecular weight is 725 g/mol. The molecule has 2 heteroatoms. The molecular formula is C50H96N2. The lowest BCUT2D eigenvalue weighted by Gasteiger charge is -2.06. The maximum atomic E-state index is 4.59. The van der Waals surface area contributed by atoms with E-state index in [2.05, 4.69) is 29.9 Å². The second-order valence-electron chi connectivity index (χ2n) is 17.1. The van der Waals surface area contributed by atoms with E-state index in [1.807, 2.05) is 6.33 Å². The lowest BCUT2D eigenvalue weighted by molar-refractivity contribution is 0.520. The van der Waals surface area contributed by atoms with Crippen LogP contribution in [0.15, 0.2) is 12.4 Å². The molecule has 0 saturated carbocycles. The quantitative estimate of drug-likeness (QED) is 0.0626. The zero-order valence-corrected chi connectivity index (χ0v) is 36.2. The SMILES string of the molecule is CCCCCCCCCCCCCCCCCCCCCCCc1cc(CCCCCCCCCCCCCCCCCCCCCCC)ncn1. The zero-order valence-electron chi connectivity index (χ0n) is 36.2. The molecule has 1 aromatic rings. The summed E-state index contributed by atoms with van der Waals surface area (Å²) in [4.78, 5) is 9.17. The van der Waals surface area contributed by atoms with Crippen LogP contribution in [-0.2, 0) is 12.8 Å². The van der Waals surface area contributed by atoms with Crippen LogP contribution in [0.25, 0.3) is 0 Å². The van der Waals surface area contributed by atoms with Gasteiger partial charge in [-0.3, -0.25) is 0 Å². The molecule has 1 aromatic heterocycles. The average Bonchev–Trinajstić information content (AvgIpc) is 3.16. The van der Waals surface area contributed by atoms with Crippen LogP contribution >= 0.6 is 0 Å². The van der Waals surface area contributed by atoms with E-state index in [1.54, 1.807) is 0 Å². The molecule has 0 aromatic carbocycles. The van der Waals surface area contributed by atoms with Crippen molar-refractivity contribution >= 4 is 0 Å². The van der Waals surface area contributed by atoms with E-state index in [4.69, 9.17) is 0 Å². The van der Waals surface area contributed by atoms with E-state index in [1.165, 1.54) is 281 Å². The van der Waals surface area contributed by atoms with Gasteiger partial charge in [0, 0.05) is 11.4 Å². The summed E-state index contributed by atoms with van der Waals surface area (Å²) in [5, 5.41) is 0. The first kappa shape index (κ1) is 49.1. The molecule has 0 radical (unpaired) electrons. The van der Waals surface area contributed by atoms with Crippen molar-refractivity contribution in [3.63, 3.8) is 0 Å². The van der Waals surface area contributed by atoms with Gasteiger partial charge in [-0.15, -0.1) is 0 Å². The molecule has 1 heterocycles. The van der Waals surface area contributed by atoms with E-state index in [0.29, 0.717) is 0 Å². The summed E-state index contributed by atoms with van der Waals surface area (Å²) >= 11 is 0. The fraction of sp³-hybridized carbons (Fsp3) is 0.920. The van der Waals surface area contributed by atoms with E-state index < -0.39 is 0 Å². The number of hydrogen-bond acceptors (Lipinski definition) is 2. The molecule has 0 amide bonds. The molecule has 0 aliphatic heterocycles. The van der Waals surface area contributed by atoms with Crippen molar-refractivity contribution in [3.05, 3.63) is 23.8 Å². The monoisotopic (exact) mass is 725 g/mol. The van der Waals surface area contributed by atoms with Gasteiger partial charge in [0.25, 0.3) is 0 Å². The minimum Gasteiger partial charge on any atom is -0.241 e. The lowest BCUT2D eigenvalue weighted by atomic mass is 10.0. The van der Waals surface area contributed by atoms with Gasteiger partial charge in [-0.2, -0.15) is 0 Å². The summed E-state index contributed by atoms with van der Waals surface area (Å²) < 4.78 is 0. The number of hydrogen-bond donors (Lipinski definition) is 0. The van der Waals surface area contributed by atoms with E-state index >= 15 is 0 Å². The number of rotatable bonds is 44. The molecule has 1 rings (SSSR count). The van der Waals surface area contributed by atoms with Crippen LogP contribution in [0.1, 0.15) is 295 Å². The summed E-state index contributed by atoms with van der Waals surface area (Å²) in [5.41, 5.74) is 2.54. The fourth-order valence-electron chi connectivity index (χ4n) is 8.19. The molecular weight excluding hydrogens is 629 g/mol. The smallest absolute Gasteiger partial charge is 0.115 e. The topological polar surface area (TPSA) is 25.8 Å². The molecule has 0 saturated heterocycles. The molecule has 0 bridgehead atoms. The Balaban J connectivity index is 1.79. The number of aromatic nitrogens is 2. The normalized spacial score (nSPS) is 11.6. The van der Waals surface area contributed by atoms with Crippen molar-refractivity contribution < 1.29 is 0 Å². The van der Waals surface area contributed by atoms with Crippen LogP contribution in [0.3, 0.4) is 0 Å². The van der Waals surface area contributed by atoms with Crippen LogP contribution in [0.2, 0.25) is 0 Å². The molecule has 0 unspecified atom stereocenters. The van der Waals surface area contributed by atoms with Crippen LogP contribution in [0, 0.1) is 0 Å². The Morgan fingerprint density at radius 2 is 0.423 bits per heavy atom. The third-order valence-corrected chi connectivity index (χ3v) is 11.9. The van der Waals surface area contributed by atoms with Gasteiger partial charge in [0.2, 0.25) is 0 Å². The van der Waals surface area contributed by atoms with Crippen LogP contribution < -0.4 is 0 Å². The maximum absolute atomic E-state index is 4.59. The molecule has 2 nitrogen and oxygen atoms in total. The van der Waals surface area contributed by atoms with Crippen molar-refractivity contribution in [3.8, 4) is 0 Å². The predicted octanol–water partition coefficient (Wildman–Crippen LogP) is 18.0. The maximum Gasteiger partial charge on any atom is 0.115 e. The highest BCUT2D eigenvalue weighted by atomic mass is 14.8. The van der Waals surface area contributed by atoms with E-state index in [-0.39, 0.29) is 0 Å². The molecule has 0 aliphatic carbocycles. The molecule has 0 N–H and O–H groups in total. The summed E-state index contributed by atoms with van der Waals surface area (Å²) in [7, 11) is 0. The molecule has 306 valence electrons. The number of aryl methyl sites for hydroxylation is 2. The van der Waals surface area contributed by atoms with Crippen LogP contribution in [0.5, 0.6) is 0 Å². The second kappa shape index (κ2) is 42.8. The van der Waals surface area contributed by atoms with E-state index in [0.717, 1.165) is 12.8 Å². The molecule has 52 heavy (non-hydrogen) atoms. The molecule has 0 atom stereocenters. The van der Waals surface area contributed by atoms with E-state index in [9.17, 15) is 0 Å². The van der Waals surface area contributed by atoms with Gasteiger partial charge >= 0.3 is 0 Å². The first-order valence-electron chi connectivity index (χ1n) is 24.7. The van der Waals surface area contributed by atoms with Crippen LogP contribution in [0.4, 0.5) is 0 Å². The lowest BCUT2D eigenvalue weighted by Crippen LogP contribution is -1.97. The Morgan fingerprint density at radius 1 is 0.250 bits per heavy atom. The van der Waals surface area contributed by atoms with Crippen molar-refractivity contribution in [1.82, 2.24) is 9.97 Å². The minimum atomic E-state index is 1.13. The van der Waals surface area contributed by atoms with Crippen LogP contribution in [-0.4, -0.2) is 9.97 Å².